The minimum atomic E-state index is 0.638. The molecule has 0 saturated carbocycles. The van der Waals surface area contributed by atoms with E-state index in [0.29, 0.717) is 5.02 Å². The second-order valence-corrected chi connectivity index (χ2v) is 11.1. The Morgan fingerprint density at radius 1 is 0.409 bits per heavy atom. The predicted molar refractivity (Wildman–Crippen MR) is 186 cm³/mol. The van der Waals surface area contributed by atoms with Crippen molar-refractivity contribution in [2.45, 2.75) is 0 Å². The highest BCUT2D eigenvalue weighted by atomic mass is 35.5. The van der Waals surface area contributed by atoms with Gasteiger partial charge in [-0.05, 0) is 72.1 Å². The van der Waals surface area contributed by atoms with E-state index < -0.39 is 0 Å². The zero-order valence-corrected chi connectivity index (χ0v) is 24.5. The van der Waals surface area contributed by atoms with Crippen molar-refractivity contribution in [1.29, 1.82) is 0 Å². The summed E-state index contributed by atoms with van der Waals surface area (Å²) >= 11 is 7.51. The molecule has 0 saturated heterocycles. The molecule has 3 nitrogen and oxygen atoms in total. The molecule has 0 aliphatic heterocycles. The first kappa shape index (κ1) is 26.1. The molecule has 0 atom stereocenters. The SMILES string of the molecule is Clc1c(N(c2ccccc2)c2ccccc2)cccc1N(c1ccccc1)c1cccc2oc3c4ccccc4ccc3c12. The summed E-state index contributed by atoms with van der Waals surface area (Å²) < 4.78 is 6.57. The third-order valence-corrected chi connectivity index (χ3v) is 8.48. The highest BCUT2D eigenvalue weighted by Gasteiger charge is 2.24. The molecule has 8 aromatic rings. The van der Waals surface area contributed by atoms with Crippen molar-refractivity contribution in [1.82, 2.24) is 0 Å². The largest absolute Gasteiger partial charge is 0.455 e. The van der Waals surface area contributed by atoms with Crippen molar-refractivity contribution in [2.24, 2.45) is 0 Å². The van der Waals surface area contributed by atoms with Gasteiger partial charge in [0, 0.05) is 27.8 Å². The number of halogens is 1. The standard InChI is InChI=1S/C40H27ClN2O/c41-39-35(42(29-15-4-1-5-16-29)30-17-6-2-7-18-30)23-12-24-36(39)43(31-19-8-3-9-20-31)34-22-13-25-37-38(34)33-27-26-28-14-10-11-21-32(28)40(33)44-37/h1-27H. The molecular formula is C40H27ClN2O. The van der Waals surface area contributed by atoms with Gasteiger partial charge < -0.3 is 14.2 Å². The van der Waals surface area contributed by atoms with E-state index in [-0.39, 0.29) is 0 Å². The van der Waals surface area contributed by atoms with Crippen LogP contribution in [-0.4, -0.2) is 0 Å². The highest BCUT2D eigenvalue weighted by molar-refractivity contribution is 6.37. The summed E-state index contributed by atoms with van der Waals surface area (Å²) in [6.07, 6.45) is 0. The van der Waals surface area contributed by atoms with Gasteiger partial charge in [-0.2, -0.15) is 0 Å². The summed E-state index contributed by atoms with van der Waals surface area (Å²) in [7, 11) is 0. The Balaban J connectivity index is 1.39. The number of para-hydroxylation sites is 3. The lowest BCUT2D eigenvalue weighted by Crippen LogP contribution is -2.14. The number of benzene rings is 7. The molecule has 4 heteroatoms. The fraction of sp³-hybridized carbons (Fsp3) is 0. The zero-order chi connectivity index (χ0) is 29.5. The van der Waals surface area contributed by atoms with Crippen LogP contribution in [0.4, 0.5) is 34.1 Å². The van der Waals surface area contributed by atoms with Gasteiger partial charge in [0.1, 0.15) is 11.2 Å². The first-order valence-corrected chi connectivity index (χ1v) is 15.0. The van der Waals surface area contributed by atoms with Crippen LogP contribution in [0.5, 0.6) is 0 Å². The van der Waals surface area contributed by atoms with Gasteiger partial charge >= 0.3 is 0 Å². The molecule has 0 radical (unpaired) electrons. The molecular weight excluding hydrogens is 560 g/mol. The molecule has 1 aromatic heterocycles. The molecule has 1 heterocycles. The topological polar surface area (TPSA) is 19.6 Å². The summed E-state index contributed by atoms with van der Waals surface area (Å²) in [5.41, 5.74) is 7.52. The molecule has 0 unspecified atom stereocenters. The maximum absolute atomic E-state index is 7.51. The molecule has 0 aliphatic rings. The third kappa shape index (κ3) is 4.38. The normalized spacial score (nSPS) is 11.3. The molecule has 0 fully saturated rings. The second-order valence-electron chi connectivity index (χ2n) is 10.7. The number of hydrogen-bond donors (Lipinski definition) is 0. The molecule has 0 aliphatic carbocycles. The molecule has 0 amide bonds. The number of anilines is 6. The molecule has 210 valence electrons. The zero-order valence-electron chi connectivity index (χ0n) is 23.8. The molecule has 0 spiro atoms. The number of fused-ring (bicyclic) bond motifs is 5. The summed E-state index contributed by atoms with van der Waals surface area (Å²) in [6.45, 7) is 0. The average Bonchev–Trinajstić information content (AvgIpc) is 3.48. The molecule has 0 N–H and O–H groups in total. The van der Waals surface area contributed by atoms with Gasteiger partial charge in [0.2, 0.25) is 0 Å². The quantitative estimate of drug-likeness (QED) is 0.193. The number of rotatable bonds is 6. The minimum Gasteiger partial charge on any atom is -0.455 e. The van der Waals surface area contributed by atoms with Crippen molar-refractivity contribution in [2.75, 3.05) is 9.80 Å². The first-order chi connectivity index (χ1) is 21.8. The smallest absolute Gasteiger partial charge is 0.143 e. The van der Waals surface area contributed by atoms with E-state index in [0.717, 1.165) is 66.8 Å². The lowest BCUT2D eigenvalue weighted by atomic mass is 10.0. The molecule has 0 bridgehead atoms. The van der Waals surface area contributed by atoms with Gasteiger partial charge in [-0.1, -0.05) is 109 Å². The average molecular weight is 587 g/mol. The third-order valence-electron chi connectivity index (χ3n) is 8.09. The predicted octanol–water partition coefficient (Wildman–Crippen LogP) is 12.3. The van der Waals surface area contributed by atoms with Crippen molar-refractivity contribution in [3.05, 3.63) is 169 Å². The van der Waals surface area contributed by atoms with Crippen LogP contribution in [-0.2, 0) is 0 Å². The fourth-order valence-electron chi connectivity index (χ4n) is 6.14. The number of furan rings is 1. The van der Waals surface area contributed by atoms with Crippen molar-refractivity contribution in [3.63, 3.8) is 0 Å². The van der Waals surface area contributed by atoms with Gasteiger partial charge in [-0.15, -0.1) is 0 Å². The second kappa shape index (κ2) is 11.0. The van der Waals surface area contributed by atoms with Gasteiger partial charge in [-0.25, -0.2) is 0 Å². The molecule has 44 heavy (non-hydrogen) atoms. The Kier molecular flexibility index (Phi) is 6.51. The van der Waals surface area contributed by atoms with Crippen molar-refractivity contribution < 1.29 is 4.42 Å². The Morgan fingerprint density at radius 2 is 0.932 bits per heavy atom. The van der Waals surface area contributed by atoms with E-state index in [1.165, 1.54) is 0 Å². The number of nitrogens with zero attached hydrogens (tertiary/aromatic N) is 2. The van der Waals surface area contributed by atoms with Crippen LogP contribution in [0.3, 0.4) is 0 Å². The van der Waals surface area contributed by atoms with Crippen LogP contribution in [0, 0.1) is 0 Å². The van der Waals surface area contributed by atoms with Gasteiger partial charge in [0.15, 0.2) is 0 Å². The molecule has 7 aromatic carbocycles. The van der Waals surface area contributed by atoms with Crippen LogP contribution >= 0.6 is 11.6 Å². The van der Waals surface area contributed by atoms with E-state index in [4.69, 9.17) is 16.0 Å². The monoisotopic (exact) mass is 586 g/mol. The summed E-state index contributed by atoms with van der Waals surface area (Å²) in [5, 5.41) is 5.00. The van der Waals surface area contributed by atoms with Crippen molar-refractivity contribution >= 4 is 78.4 Å². The summed E-state index contributed by atoms with van der Waals surface area (Å²) in [6, 6.07) is 56.2. The summed E-state index contributed by atoms with van der Waals surface area (Å²) in [4.78, 5) is 4.45. The minimum absolute atomic E-state index is 0.638. The molecule has 8 rings (SSSR count). The fourth-order valence-corrected chi connectivity index (χ4v) is 6.44. The highest BCUT2D eigenvalue weighted by Crippen LogP contribution is 2.49. The number of hydrogen-bond acceptors (Lipinski definition) is 3. The lowest BCUT2D eigenvalue weighted by Gasteiger charge is -2.31. The van der Waals surface area contributed by atoms with Crippen LogP contribution in [0.2, 0.25) is 5.02 Å². The van der Waals surface area contributed by atoms with E-state index >= 15 is 0 Å². The van der Waals surface area contributed by atoms with Crippen LogP contribution in [0.15, 0.2) is 168 Å². The van der Waals surface area contributed by atoms with Crippen LogP contribution in [0.25, 0.3) is 32.7 Å². The van der Waals surface area contributed by atoms with Gasteiger partial charge in [-0.3, -0.25) is 0 Å². The van der Waals surface area contributed by atoms with E-state index in [2.05, 4.69) is 125 Å². The van der Waals surface area contributed by atoms with E-state index in [9.17, 15) is 0 Å². The van der Waals surface area contributed by atoms with Crippen LogP contribution < -0.4 is 9.80 Å². The maximum Gasteiger partial charge on any atom is 0.143 e. The van der Waals surface area contributed by atoms with E-state index in [1.54, 1.807) is 0 Å². The lowest BCUT2D eigenvalue weighted by molar-refractivity contribution is 0.672. The van der Waals surface area contributed by atoms with Gasteiger partial charge in [0.05, 0.1) is 27.5 Å². The summed E-state index contributed by atoms with van der Waals surface area (Å²) in [5.74, 6) is 0. The Bertz CT molecular complexity index is 2210. The maximum atomic E-state index is 7.51. The first-order valence-electron chi connectivity index (χ1n) is 14.6. The Labute approximate surface area is 260 Å². The Hall–Kier alpha value is -5.51. The Morgan fingerprint density at radius 3 is 1.59 bits per heavy atom. The van der Waals surface area contributed by atoms with Crippen molar-refractivity contribution in [3.8, 4) is 0 Å². The van der Waals surface area contributed by atoms with Crippen LogP contribution in [0.1, 0.15) is 0 Å². The van der Waals surface area contributed by atoms with Gasteiger partial charge in [0.25, 0.3) is 0 Å². The van der Waals surface area contributed by atoms with E-state index in [1.807, 2.05) is 48.5 Å².